The lowest BCUT2D eigenvalue weighted by molar-refractivity contribution is -0.118. The summed E-state index contributed by atoms with van der Waals surface area (Å²) in [5.74, 6) is -0.301. The number of benzene rings is 2. The Bertz CT molecular complexity index is 836. The average Bonchev–Trinajstić information content (AvgIpc) is 3.10. The normalized spacial score (nSPS) is 10.4. The summed E-state index contributed by atoms with van der Waals surface area (Å²) in [5.41, 5.74) is 10.4. The van der Waals surface area contributed by atoms with Crippen molar-refractivity contribution >= 4 is 28.6 Å². The first-order valence-electron chi connectivity index (χ1n) is 7.08. The lowest BCUT2D eigenvalue weighted by atomic mass is 10.1. The number of nitrogens with two attached hydrogens (primary N) is 1. The predicted octanol–water partition coefficient (Wildman–Crippen LogP) is 3.55. The van der Waals surface area contributed by atoms with Crippen LogP contribution in [0.15, 0.2) is 53.4 Å². The molecule has 122 valence electrons. The monoisotopic (exact) mass is 343 g/mol. The van der Waals surface area contributed by atoms with Crippen molar-refractivity contribution in [1.29, 1.82) is 0 Å². The number of aromatic nitrogens is 1. The van der Waals surface area contributed by atoms with Crippen molar-refractivity contribution < 1.29 is 13.9 Å². The van der Waals surface area contributed by atoms with Crippen LogP contribution in [-0.4, -0.2) is 17.5 Å². The number of nitrogens with one attached hydrogen (secondary N) is 1. The molecule has 0 saturated carbocycles. The minimum absolute atomic E-state index is 0.197. The minimum atomic E-state index is -0.364. The molecule has 0 aliphatic rings. The first-order valence-corrected chi connectivity index (χ1v) is 8.02. The van der Waals surface area contributed by atoms with Gasteiger partial charge in [0.1, 0.15) is 11.6 Å². The largest absolute Gasteiger partial charge is 0.482 e. The van der Waals surface area contributed by atoms with Gasteiger partial charge in [-0.25, -0.2) is 9.37 Å². The van der Waals surface area contributed by atoms with Crippen molar-refractivity contribution in [2.24, 2.45) is 0 Å². The molecule has 0 bridgehead atoms. The number of amides is 1. The predicted molar refractivity (Wildman–Crippen MR) is 92.5 cm³/mol. The zero-order valence-corrected chi connectivity index (χ0v) is 13.3. The van der Waals surface area contributed by atoms with E-state index in [0.717, 1.165) is 11.3 Å². The Morgan fingerprint density at radius 1 is 1.25 bits per heavy atom. The number of anilines is 2. The fraction of sp³-hybridized carbons (Fsp3) is 0.0588. The fourth-order valence-electron chi connectivity index (χ4n) is 2.07. The molecule has 3 aromatic rings. The van der Waals surface area contributed by atoms with Crippen LogP contribution in [0.5, 0.6) is 5.75 Å². The van der Waals surface area contributed by atoms with E-state index in [1.165, 1.54) is 35.6 Å². The number of thiazole rings is 1. The molecule has 1 aromatic heterocycles. The Kier molecular flexibility index (Phi) is 4.72. The quantitative estimate of drug-likeness (QED) is 0.695. The lowest BCUT2D eigenvalue weighted by Gasteiger charge is -2.10. The molecule has 0 spiro atoms. The van der Waals surface area contributed by atoms with Crippen molar-refractivity contribution in [3.8, 4) is 17.0 Å². The first-order chi connectivity index (χ1) is 11.6. The lowest BCUT2D eigenvalue weighted by Crippen LogP contribution is -2.20. The van der Waals surface area contributed by atoms with Crippen LogP contribution in [0.25, 0.3) is 11.3 Å². The Hall–Kier alpha value is -2.93. The summed E-state index contributed by atoms with van der Waals surface area (Å²) in [4.78, 5) is 16.1. The number of carbonyl (C=O) groups is 1. The van der Waals surface area contributed by atoms with Gasteiger partial charge in [0.05, 0.1) is 16.9 Å². The van der Waals surface area contributed by atoms with Crippen LogP contribution in [-0.2, 0) is 4.79 Å². The number of hydrogen-bond donors (Lipinski definition) is 2. The smallest absolute Gasteiger partial charge is 0.262 e. The summed E-state index contributed by atoms with van der Waals surface area (Å²) in [7, 11) is 0. The third kappa shape index (κ3) is 3.88. The second-order valence-corrected chi connectivity index (χ2v) is 5.69. The molecule has 0 aliphatic carbocycles. The molecule has 0 aliphatic heterocycles. The van der Waals surface area contributed by atoms with Gasteiger partial charge in [0.2, 0.25) is 0 Å². The molecule has 0 atom stereocenters. The average molecular weight is 343 g/mol. The SMILES string of the molecule is Nc1cc(-c2cscn2)ccc1OCC(=O)Nc1ccc(F)cc1. The van der Waals surface area contributed by atoms with Crippen molar-refractivity contribution in [3.63, 3.8) is 0 Å². The topological polar surface area (TPSA) is 77.2 Å². The van der Waals surface area contributed by atoms with Gasteiger partial charge in [-0.05, 0) is 42.5 Å². The number of nitrogen functional groups attached to an aromatic ring is 1. The number of halogens is 1. The van der Waals surface area contributed by atoms with Crippen LogP contribution in [0, 0.1) is 5.82 Å². The number of ether oxygens (including phenoxy) is 1. The van der Waals surface area contributed by atoms with Crippen molar-refractivity contribution in [2.75, 3.05) is 17.7 Å². The van der Waals surface area contributed by atoms with E-state index in [4.69, 9.17) is 10.5 Å². The highest BCUT2D eigenvalue weighted by Crippen LogP contribution is 2.28. The summed E-state index contributed by atoms with van der Waals surface area (Å²) >= 11 is 1.50. The molecule has 0 saturated heterocycles. The summed E-state index contributed by atoms with van der Waals surface area (Å²) in [5, 5.41) is 4.53. The maximum Gasteiger partial charge on any atom is 0.262 e. The standard InChI is InChI=1S/C17H14FN3O2S/c18-12-2-4-13(5-3-12)21-17(22)8-23-16-6-1-11(7-14(16)19)15-9-24-10-20-15/h1-7,9-10H,8,19H2,(H,21,22). The van der Waals surface area contributed by atoms with Gasteiger partial charge in [-0.2, -0.15) is 0 Å². The highest BCUT2D eigenvalue weighted by Gasteiger charge is 2.08. The Morgan fingerprint density at radius 2 is 2.04 bits per heavy atom. The van der Waals surface area contributed by atoms with E-state index < -0.39 is 0 Å². The second kappa shape index (κ2) is 7.10. The van der Waals surface area contributed by atoms with Crippen LogP contribution < -0.4 is 15.8 Å². The Morgan fingerprint density at radius 3 is 2.71 bits per heavy atom. The molecule has 1 amide bonds. The molecule has 7 heteroatoms. The Labute approximate surface area is 141 Å². The molecule has 1 heterocycles. The molecule has 3 rings (SSSR count). The van der Waals surface area contributed by atoms with Gasteiger partial charge in [-0.3, -0.25) is 4.79 Å². The third-order valence-electron chi connectivity index (χ3n) is 3.22. The molecular weight excluding hydrogens is 329 g/mol. The van der Waals surface area contributed by atoms with Gasteiger partial charge < -0.3 is 15.8 Å². The first kappa shape index (κ1) is 15.9. The van der Waals surface area contributed by atoms with E-state index in [0.29, 0.717) is 17.1 Å². The number of carbonyl (C=O) groups excluding carboxylic acids is 1. The van der Waals surface area contributed by atoms with E-state index in [2.05, 4.69) is 10.3 Å². The zero-order valence-electron chi connectivity index (χ0n) is 12.5. The number of hydrogen-bond acceptors (Lipinski definition) is 5. The minimum Gasteiger partial charge on any atom is -0.482 e. The van der Waals surface area contributed by atoms with E-state index >= 15 is 0 Å². The fourth-order valence-corrected chi connectivity index (χ4v) is 2.63. The highest BCUT2D eigenvalue weighted by molar-refractivity contribution is 7.07. The van der Waals surface area contributed by atoms with Gasteiger partial charge >= 0.3 is 0 Å². The highest BCUT2D eigenvalue weighted by atomic mass is 32.1. The summed E-state index contributed by atoms with van der Waals surface area (Å²) in [6.45, 7) is -0.197. The molecular formula is C17H14FN3O2S. The van der Waals surface area contributed by atoms with E-state index in [-0.39, 0.29) is 18.3 Å². The van der Waals surface area contributed by atoms with Crippen LogP contribution in [0.3, 0.4) is 0 Å². The second-order valence-electron chi connectivity index (χ2n) is 4.97. The summed E-state index contributed by atoms with van der Waals surface area (Å²) < 4.78 is 18.3. The molecule has 0 radical (unpaired) electrons. The maximum absolute atomic E-state index is 12.8. The van der Waals surface area contributed by atoms with Gasteiger partial charge in [-0.1, -0.05) is 0 Å². The third-order valence-corrected chi connectivity index (χ3v) is 3.81. The molecule has 24 heavy (non-hydrogen) atoms. The van der Waals surface area contributed by atoms with E-state index in [1.807, 2.05) is 11.4 Å². The molecule has 0 fully saturated rings. The van der Waals surface area contributed by atoms with E-state index in [9.17, 15) is 9.18 Å². The molecule has 2 aromatic carbocycles. The van der Waals surface area contributed by atoms with Crippen LogP contribution in [0.4, 0.5) is 15.8 Å². The van der Waals surface area contributed by atoms with Crippen LogP contribution in [0.1, 0.15) is 0 Å². The van der Waals surface area contributed by atoms with Crippen molar-refractivity contribution in [2.45, 2.75) is 0 Å². The summed E-state index contributed by atoms with van der Waals surface area (Å²) in [6, 6.07) is 10.8. The molecule has 0 unspecified atom stereocenters. The van der Waals surface area contributed by atoms with E-state index in [1.54, 1.807) is 17.6 Å². The van der Waals surface area contributed by atoms with Crippen molar-refractivity contribution in [3.05, 3.63) is 59.2 Å². The van der Waals surface area contributed by atoms with Crippen molar-refractivity contribution in [1.82, 2.24) is 4.98 Å². The number of nitrogens with zero attached hydrogens (tertiary/aromatic N) is 1. The summed E-state index contributed by atoms with van der Waals surface area (Å²) in [6.07, 6.45) is 0. The zero-order chi connectivity index (χ0) is 16.9. The van der Waals surface area contributed by atoms with Gasteiger partial charge in [0, 0.05) is 16.6 Å². The van der Waals surface area contributed by atoms with Crippen LogP contribution >= 0.6 is 11.3 Å². The van der Waals surface area contributed by atoms with Gasteiger partial charge in [-0.15, -0.1) is 11.3 Å². The number of rotatable bonds is 5. The maximum atomic E-state index is 12.8. The van der Waals surface area contributed by atoms with Crippen LogP contribution in [0.2, 0.25) is 0 Å². The molecule has 3 N–H and O–H groups in total. The van der Waals surface area contributed by atoms with Gasteiger partial charge in [0.25, 0.3) is 5.91 Å². The molecule has 5 nitrogen and oxygen atoms in total. The van der Waals surface area contributed by atoms with Gasteiger partial charge in [0.15, 0.2) is 6.61 Å². The Balaban J connectivity index is 1.60.